The third-order valence-corrected chi connectivity index (χ3v) is 4.85. The number of carbonyl (C=O) groups is 1. The van der Waals surface area contributed by atoms with Gasteiger partial charge in [0.15, 0.2) is 5.65 Å². The summed E-state index contributed by atoms with van der Waals surface area (Å²) < 4.78 is 1.70. The van der Waals surface area contributed by atoms with E-state index in [4.69, 9.17) is 0 Å². The van der Waals surface area contributed by atoms with Crippen molar-refractivity contribution in [3.8, 4) is 0 Å². The van der Waals surface area contributed by atoms with E-state index in [2.05, 4.69) is 20.4 Å². The molecule has 0 saturated heterocycles. The second kappa shape index (κ2) is 7.00. The van der Waals surface area contributed by atoms with Crippen molar-refractivity contribution in [3.63, 3.8) is 0 Å². The first-order valence-corrected chi connectivity index (χ1v) is 8.55. The topological polar surface area (TPSA) is 72.7 Å². The fourth-order valence-electron chi connectivity index (χ4n) is 2.29. The molecule has 1 aromatic carbocycles. The van der Waals surface area contributed by atoms with Gasteiger partial charge in [0.25, 0.3) is 0 Å². The number of rotatable bonds is 5. The van der Waals surface area contributed by atoms with Crippen LogP contribution in [0.1, 0.15) is 18.1 Å². The molecule has 0 spiro atoms. The minimum Gasteiger partial charge on any atom is -0.351 e. The van der Waals surface area contributed by atoms with Crippen LogP contribution < -0.4 is 5.32 Å². The van der Waals surface area contributed by atoms with Crippen LogP contribution in [0.3, 0.4) is 0 Å². The summed E-state index contributed by atoms with van der Waals surface area (Å²) in [4.78, 5) is 20.8. The molecule has 0 aliphatic rings. The van der Waals surface area contributed by atoms with Crippen molar-refractivity contribution in [3.05, 3.63) is 47.9 Å². The van der Waals surface area contributed by atoms with Gasteiger partial charge >= 0.3 is 0 Å². The van der Waals surface area contributed by atoms with Gasteiger partial charge in [-0.2, -0.15) is 5.10 Å². The SMILES string of the molecule is Cc1ccc(CNC(=O)C(C)Sc2ncnc3c2cnn3C)cc1. The van der Waals surface area contributed by atoms with E-state index in [0.717, 1.165) is 21.6 Å². The Hall–Kier alpha value is -2.41. The molecular weight excluding hydrogens is 322 g/mol. The smallest absolute Gasteiger partial charge is 0.233 e. The zero-order valence-electron chi connectivity index (χ0n) is 13.9. The molecular formula is C17H19N5OS. The second-order valence-electron chi connectivity index (χ2n) is 5.65. The van der Waals surface area contributed by atoms with E-state index in [1.165, 1.54) is 23.7 Å². The third kappa shape index (κ3) is 3.56. The van der Waals surface area contributed by atoms with Gasteiger partial charge in [-0.25, -0.2) is 9.97 Å². The number of nitrogens with zero attached hydrogens (tertiary/aromatic N) is 4. The summed E-state index contributed by atoms with van der Waals surface area (Å²) in [6.45, 7) is 4.44. The highest BCUT2D eigenvalue weighted by Crippen LogP contribution is 2.27. The van der Waals surface area contributed by atoms with Crippen LogP contribution in [0.25, 0.3) is 11.0 Å². The van der Waals surface area contributed by atoms with Gasteiger partial charge < -0.3 is 5.32 Å². The Morgan fingerprint density at radius 1 is 1.29 bits per heavy atom. The largest absolute Gasteiger partial charge is 0.351 e. The summed E-state index contributed by atoms with van der Waals surface area (Å²) in [6.07, 6.45) is 3.23. The van der Waals surface area contributed by atoms with Crippen LogP contribution >= 0.6 is 11.8 Å². The number of nitrogens with one attached hydrogen (secondary N) is 1. The fourth-order valence-corrected chi connectivity index (χ4v) is 3.20. The monoisotopic (exact) mass is 341 g/mol. The van der Waals surface area contributed by atoms with Gasteiger partial charge in [0, 0.05) is 13.6 Å². The predicted molar refractivity (Wildman–Crippen MR) is 94.6 cm³/mol. The zero-order chi connectivity index (χ0) is 17.1. The number of carbonyl (C=O) groups excluding carboxylic acids is 1. The van der Waals surface area contributed by atoms with Crippen LogP contribution in [0.4, 0.5) is 0 Å². The fraction of sp³-hybridized carbons (Fsp3) is 0.294. The Labute approximate surface area is 144 Å². The van der Waals surface area contributed by atoms with Gasteiger partial charge in [-0.3, -0.25) is 9.48 Å². The lowest BCUT2D eigenvalue weighted by molar-refractivity contribution is -0.120. The lowest BCUT2D eigenvalue weighted by Gasteiger charge is -2.12. The molecule has 1 amide bonds. The molecule has 2 aromatic heterocycles. The molecule has 3 rings (SSSR count). The molecule has 1 unspecified atom stereocenters. The minimum absolute atomic E-state index is 0.0174. The molecule has 3 aromatic rings. The molecule has 0 bridgehead atoms. The van der Waals surface area contributed by atoms with Crippen LogP contribution in [0, 0.1) is 6.92 Å². The van der Waals surface area contributed by atoms with Crippen LogP contribution in [0.15, 0.2) is 41.8 Å². The van der Waals surface area contributed by atoms with Crippen LogP contribution in [-0.4, -0.2) is 30.9 Å². The maximum absolute atomic E-state index is 12.3. The number of hydrogen-bond acceptors (Lipinski definition) is 5. The number of aryl methyl sites for hydroxylation is 2. The van der Waals surface area contributed by atoms with Gasteiger partial charge in [-0.15, -0.1) is 0 Å². The molecule has 0 saturated carbocycles. The summed E-state index contributed by atoms with van der Waals surface area (Å²) >= 11 is 1.42. The van der Waals surface area contributed by atoms with Crippen LogP contribution in [0.2, 0.25) is 0 Å². The molecule has 7 heteroatoms. The Balaban J connectivity index is 1.64. The van der Waals surface area contributed by atoms with E-state index < -0.39 is 0 Å². The quantitative estimate of drug-likeness (QED) is 0.570. The van der Waals surface area contributed by atoms with Crippen molar-refractivity contribution in [2.24, 2.45) is 7.05 Å². The Bertz CT molecular complexity index is 859. The molecule has 2 heterocycles. The maximum atomic E-state index is 12.3. The average Bonchev–Trinajstić information content (AvgIpc) is 2.96. The highest BCUT2D eigenvalue weighted by atomic mass is 32.2. The Morgan fingerprint density at radius 3 is 2.79 bits per heavy atom. The molecule has 124 valence electrons. The maximum Gasteiger partial charge on any atom is 0.233 e. The van der Waals surface area contributed by atoms with Crippen molar-refractivity contribution < 1.29 is 4.79 Å². The Kier molecular flexibility index (Phi) is 4.80. The normalized spacial score (nSPS) is 12.3. The predicted octanol–water partition coefficient (Wildman–Crippen LogP) is 2.47. The number of thioether (sulfide) groups is 1. The van der Waals surface area contributed by atoms with Gasteiger partial charge in [-0.05, 0) is 19.4 Å². The van der Waals surface area contributed by atoms with Crippen LogP contribution in [-0.2, 0) is 18.4 Å². The first kappa shape index (κ1) is 16.4. The first-order valence-electron chi connectivity index (χ1n) is 7.67. The van der Waals surface area contributed by atoms with Gasteiger partial charge in [0.1, 0.15) is 11.4 Å². The number of amides is 1. The molecule has 24 heavy (non-hydrogen) atoms. The summed E-state index contributed by atoms with van der Waals surface area (Å²) in [5, 5.41) is 8.54. The molecule has 6 nitrogen and oxygen atoms in total. The highest BCUT2D eigenvalue weighted by Gasteiger charge is 2.17. The molecule has 1 N–H and O–H groups in total. The molecule has 0 aliphatic carbocycles. The van der Waals surface area contributed by atoms with Crippen molar-refractivity contribution in [2.45, 2.75) is 30.7 Å². The van der Waals surface area contributed by atoms with E-state index in [9.17, 15) is 4.79 Å². The molecule has 0 aliphatic heterocycles. The number of hydrogen-bond donors (Lipinski definition) is 1. The van der Waals surface area contributed by atoms with Gasteiger partial charge in [-0.1, -0.05) is 41.6 Å². The highest BCUT2D eigenvalue weighted by molar-refractivity contribution is 8.00. The number of fused-ring (bicyclic) bond motifs is 1. The first-order chi connectivity index (χ1) is 11.5. The summed E-state index contributed by atoms with van der Waals surface area (Å²) in [5.74, 6) is -0.0174. The standard InChI is InChI=1S/C17H19N5OS/c1-11-4-6-13(7-5-11)8-18-16(23)12(2)24-17-14-9-21-22(3)15(14)19-10-20-17/h4-7,9-10,12H,8H2,1-3H3,(H,18,23). The second-order valence-corrected chi connectivity index (χ2v) is 6.98. The van der Waals surface area contributed by atoms with Crippen molar-refractivity contribution in [2.75, 3.05) is 0 Å². The van der Waals surface area contributed by atoms with Crippen molar-refractivity contribution >= 4 is 28.7 Å². The van der Waals surface area contributed by atoms with E-state index in [0.29, 0.717) is 6.54 Å². The van der Waals surface area contributed by atoms with Crippen molar-refractivity contribution in [1.82, 2.24) is 25.1 Å². The van der Waals surface area contributed by atoms with E-state index >= 15 is 0 Å². The van der Waals surface area contributed by atoms with E-state index in [-0.39, 0.29) is 11.2 Å². The summed E-state index contributed by atoms with van der Waals surface area (Å²) in [6, 6.07) is 8.13. The molecule has 0 fully saturated rings. The van der Waals surface area contributed by atoms with Gasteiger partial charge in [0.2, 0.25) is 5.91 Å². The number of aromatic nitrogens is 4. The van der Waals surface area contributed by atoms with Crippen LogP contribution in [0.5, 0.6) is 0 Å². The average molecular weight is 341 g/mol. The van der Waals surface area contributed by atoms with Gasteiger partial charge in [0.05, 0.1) is 16.8 Å². The van der Waals surface area contributed by atoms with E-state index in [1.807, 2.05) is 45.2 Å². The van der Waals surface area contributed by atoms with Crippen molar-refractivity contribution in [1.29, 1.82) is 0 Å². The molecule has 0 radical (unpaired) electrons. The molecule has 1 atom stereocenters. The summed E-state index contributed by atoms with van der Waals surface area (Å²) in [7, 11) is 1.83. The lowest BCUT2D eigenvalue weighted by Crippen LogP contribution is -2.30. The summed E-state index contributed by atoms with van der Waals surface area (Å²) in [5.41, 5.74) is 3.06. The Morgan fingerprint density at radius 2 is 2.04 bits per heavy atom. The lowest BCUT2D eigenvalue weighted by atomic mass is 10.1. The number of benzene rings is 1. The zero-order valence-corrected chi connectivity index (χ0v) is 14.7. The third-order valence-electron chi connectivity index (χ3n) is 3.74. The van der Waals surface area contributed by atoms with E-state index in [1.54, 1.807) is 10.9 Å². The minimum atomic E-state index is -0.256.